The SMILES string of the molecule is Fc1ccc(-c2cccc(-c3nc(-c4cccc(-c5ccc(F)cc5)c4)nc(-c4ccc5c(c4)C4(c6ccccc6Oc6ccccc64)c4ccccc4-c4ccccc4-5)n3)c2)cc1. The molecule has 2 aliphatic rings. The molecule has 1 spiro atoms. The maximum Gasteiger partial charge on any atom is 0.164 e. The van der Waals surface area contributed by atoms with Gasteiger partial charge in [0.1, 0.15) is 23.1 Å². The first-order valence-corrected chi connectivity index (χ1v) is 21.2. The van der Waals surface area contributed by atoms with Crippen LogP contribution in [0.3, 0.4) is 0 Å². The predicted molar refractivity (Wildman–Crippen MR) is 250 cm³/mol. The van der Waals surface area contributed by atoms with Gasteiger partial charge in [-0.1, -0.05) is 158 Å². The van der Waals surface area contributed by atoms with Crippen LogP contribution >= 0.6 is 0 Å². The van der Waals surface area contributed by atoms with Gasteiger partial charge < -0.3 is 4.74 Å². The van der Waals surface area contributed by atoms with Gasteiger partial charge in [0.2, 0.25) is 0 Å². The van der Waals surface area contributed by atoms with Crippen molar-refractivity contribution in [3.8, 4) is 90.2 Å². The average molecular weight is 828 g/mol. The van der Waals surface area contributed by atoms with E-state index in [0.29, 0.717) is 17.5 Å². The van der Waals surface area contributed by atoms with Crippen LogP contribution in [-0.4, -0.2) is 15.0 Å². The van der Waals surface area contributed by atoms with Crippen LogP contribution in [0.25, 0.3) is 78.7 Å². The van der Waals surface area contributed by atoms with Crippen molar-refractivity contribution >= 4 is 0 Å². The molecule has 0 fully saturated rings. The number of benzene rings is 9. The first-order valence-electron chi connectivity index (χ1n) is 21.2. The van der Waals surface area contributed by atoms with Crippen LogP contribution < -0.4 is 4.74 Å². The Hall–Kier alpha value is -8.35. The van der Waals surface area contributed by atoms with Gasteiger partial charge in [0.25, 0.3) is 0 Å². The molecule has 302 valence electrons. The third kappa shape index (κ3) is 6.06. The van der Waals surface area contributed by atoms with Gasteiger partial charge >= 0.3 is 0 Å². The summed E-state index contributed by atoms with van der Waals surface area (Å²) in [5, 5.41) is 0. The highest BCUT2D eigenvalue weighted by Crippen LogP contribution is 2.61. The van der Waals surface area contributed by atoms with Crippen LogP contribution in [0.2, 0.25) is 0 Å². The topological polar surface area (TPSA) is 47.9 Å². The maximum atomic E-state index is 14.0. The van der Waals surface area contributed by atoms with Crippen LogP contribution in [0, 0.1) is 11.6 Å². The molecule has 10 aromatic rings. The molecule has 1 aromatic heterocycles. The lowest BCUT2D eigenvalue weighted by molar-refractivity contribution is 0.435. The van der Waals surface area contributed by atoms with Gasteiger partial charge in [-0.25, -0.2) is 23.7 Å². The molecular weight excluding hydrogens is 793 g/mol. The number of hydrogen-bond acceptors (Lipinski definition) is 4. The van der Waals surface area contributed by atoms with E-state index in [4.69, 9.17) is 19.7 Å². The fourth-order valence-corrected chi connectivity index (χ4v) is 9.67. The number of nitrogens with zero attached hydrogens (tertiary/aromatic N) is 3. The molecule has 0 bridgehead atoms. The third-order valence-electron chi connectivity index (χ3n) is 12.6. The van der Waals surface area contributed by atoms with Gasteiger partial charge in [0.05, 0.1) is 5.41 Å². The minimum absolute atomic E-state index is 0.295. The van der Waals surface area contributed by atoms with E-state index in [1.54, 1.807) is 24.3 Å². The normalized spacial score (nSPS) is 12.8. The molecule has 0 atom stereocenters. The molecule has 1 aliphatic heterocycles. The van der Waals surface area contributed by atoms with Crippen molar-refractivity contribution in [1.29, 1.82) is 0 Å². The smallest absolute Gasteiger partial charge is 0.164 e. The molecule has 0 N–H and O–H groups in total. The lowest BCUT2D eigenvalue weighted by Gasteiger charge is -2.42. The number of rotatable bonds is 5. The fourth-order valence-electron chi connectivity index (χ4n) is 9.67. The maximum absolute atomic E-state index is 14.0. The summed E-state index contributed by atoms with van der Waals surface area (Å²) >= 11 is 0. The van der Waals surface area contributed by atoms with Gasteiger partial charge in [-0.2, -0.15) is 0 Å². The number of halogens is 2. The lowest BCUT2D eigenvalue weighted by atomic mass is 9.62. The van der Waals surface area contributed by atoms with Crippen LogP contribution in [0.15, 0.2) is 212 Å². The third-order valence-corrected chi connectivity index (χ3v) is 12.6. The fraction of sp³-hybridized carbons (Fsp3) is 0.0172. The Morgan fingerprint density at radius 1 is 0.297 bits per heavy atom. The summed E-state index contributed by atoms with van der Waals surface area (Å²) in [4.78, 5) is 15.7. The number of aromatic nitrogens is 3. The Bertz CT molecular complexity index is 3300. The van der Waals surface area contributed by atoms with E-state index in [1.165, 1.54) is 24.3 Å². The molecule has 64 heavy (non-hydrogen) atoms. The van der Waals surface area contributed by atoms with E-state index in [2.05, 4.69) is 103 Å². The minimum Gasteiger partial charge on any atom is -0.457 e. The van der Waals surface area contributed by atoms with Crippen molar-refractivity contribution in [2.24, 2.45) is 0 Å². The Labute approximate surface area is 368 Å². The molecule has 6 heteroatoms. The summed E-state index contributed by atoms with van der Waals surface area (Å²) < 4.78 is 34.7. The summed E-state index contributed by atoms with van der Waals surface area (Å²) in [6.45, 7) is 0. The highest BCUT2D eigenvalue weighted by molar-refractivity contribution is 5.94. The monoisotopic (exact) mass is 827 g/mol. The van der Waals surface area contributed by atoms with Crippen LogP contribution in [0.1, 0.15) is 22.3 Å². The van der Waals surface area contributed by atoms with E-state index < -0.39 is 5.41 Å². The van der Waals surface area contributed by atoms with Crippen molar-refractivity contribution in [3.63, 3.8) is 0 Å². The zero-order valence-electron chi connectivity index (χ0n) is 34.2. The molecule has 0 unspecified atom stereocenters. The van der Waals surface area contributed by atoms with E-state index >= 15 is 0 Å². The van der Waals surface area contributed by atoms with Crippen LogP contribution in [0.4, 0.5) is 8.78 Å². The standard InChI is InChI=1S/C58H35F2N3O/c59-43-28-23-36(24-29-43)38-11-9-13-40(33-38)55-61-56(41-14-10-12-39(34-41)37-25-30-44(60)31-26-37)63-57(62-55)42-27-32-48-46-16-2-1-15-45(46)47-17-3-4-18-49(47)58(52(48)35-42)50-19-5-7-21-53(50)64-54-22-8-6-20-51(54)58/h1-35H. The first-order chi connectivity index (χ1) is 31.5. The molecule has 4 nitrogen and oxygen atoms in total. The number of hydrogen-bond donors (Lipinski definition) is 0. The Morgan fingerprint density at radius 2 is 0.688 bits per heavy atom. The predicted octanol–water partition coefficient (Wildman–Crippen LogP) is 14.6. The molecule has 0 saturated carbocycles. The molecule has 0 amide bonds. The summed E-state index contributed by atoms with van der Waals surface area (Å²) in [5.74, 6) is 2.47. The highest BCUT2D eigenvalue weighted by Gasteiger charge is 2.49. The van der Waals surface area contributed by atoms with E-state index in [-0.39, 0.29) is 11.6 Å². The van der Waals surface area contributed by atoms with Gasteiger partial charge in [0.15, 0.2) is 17.5 Å². The van der Waals surface area contributed by atoms with Crippen LogP contribution in [0.5, 0.6) is 11.5 Å². The Kier molecular flexibility index (Phi) is 8.73. The molecule has 12 rings (SSSR count). The number of fused-ring (bicyclic) bond motifs is 11. The second kappa shape index (κ2) is 14.9. The number of ether oxygens (including phenoxy) is 1. The van der Waals surface area contributed by atoms with Crippen LogP contribution in [-0.2, 0) is 5.41 Å². The zero-order valence-corrected chi connectivity index (χ0v) is 34.2. The van der Waals surface area contributed by atoms with Gasteiger partial charge in [-0.05, 0) is 110 Å². The van der Waals surface area contributed by atoms with Crippen molar-refractivity contribution in [2.75, 3.05) is 0 Å². The Morgan fingerprint density at radius 3 is 1.20 bits per heavy atom. The van der Waals surface area contributed by atoms with Crippen molar-refractivity contribution in [3.05, 3.63) is 246 Å². The second-order valence-corrected chi connectivity index (χ2v) is 16.2. The van der Waals surface area contributed by atoms with Gasteiger partial charge in [-0.3, -0.25) is 0 Å². The van der Waals surface area contributed by atoms with Crippen molar-refractivity contribution in [1.82, 2.24) is 15.0 Å². The number of para-hydroxylation sites is 2. The van der Waals surface area contributed by atoms with Gasteiger partial charge in [0, 0.05) is 27.8 Å². The molecule has 2 heterocycles. The van der Waals surface area contributed by atoms with Crippen molar-refractivity contribution < 1.29 is 13.5 Å². The lowest BCUT2D eigenvalue weighted by Crippen LogP contribution is -2.34. The largest absolute Gasteiger partial charge is 0.457 e. The molecular formula is C58H35F2N3O. The molecule has 9 aromatic carbocycles. The Balaban J connectivity index is 1.13. The summed E-state index contributed by atoms with van der Waals surface area (Å²) in [6.07, 6.45) is 0. The molecule has 0 radical (unpaired) electrons. The van der Waals surface area contributed by atoms with Gasteiger partial charge in [-0.15, -0.1) is 0 Å². The molecule has 1 aliphatic carbocycles. The average Bonchev–Trinajstić information content (AvgIpc) is 3.46. The van der Waals surface area contributed by atoms with E-state index in [0.717, 1.165) is 95.0 Å². The minimum atomic E-state index is -0.807. The summed E-state index contributed by atoms with van der Waals surface area (Å²) in [5.41, 5.74) is 13.9. The first kappa shape index (κ1) is 37.4. The molecule has 0 saturated heterocycles. The highest BCUT2D eigenvalue weighted by atomic mass is 19.1. The zero-order chi connectivity index (χ0) is 42.8. The summed E-state index contributed by atoms with van der Waals surface area (Å²) in [7, 11) is 0. The van der Waals surface area contributed by atoms with Crippen molar-refractivity contribution in [2.45, 2.75) is 5.41 Å². The second-order valence-electron chi connectivity index (χ2n) is 16.2. The van der Waals surface area contributed by atoms with E-state index in [9.17, 15) is 8.78 Å². The quantitative estimate of drug-likeness (QED) is 0.173. The summed E-state index contributed by atoms with van der Waals surface area (Å²) in [6, 6.07) is 69.6. The van der Waals surface area contributed by atoms with E-state index in [1.807, 2.05) is 60.7 Å².